The van der Waals surface area contributed by atoms with Crippen molar-refractivity contribution in [2.75, 3.05) is 26.0 Å². The van der Waals surface area contributed by atoms with Crippen molar-refractivity contribution in [3.8, 4) is 0 Å². The number of nitrogens with one attached hydrogen (secondary N) is 1. The SMILES string of the molecule is CN(Cc1cccc(NC(=O)CN(C)S(=O)(=O)c2ccc(Cl)s2)c1)C(=O)OC(C)(C)C. The smallest absolute Gasteiger partial charge is 0.410 e. The molecule has 11 heteroatoms. The summed E-state index contributed by atoms with van der Waals surface area (Å²) in [5.41, 5.74) is 0.674. The van der Waals surface area contributed by atoms with Gasteiger partial charge in [-0.3, -0.25) is 4.79 Å². The molecule has 31 heavy (non-hydrogen) atoms. The molecule has 2 aromatic rings. The Morgan fingerprint density at radius 1 is 1.16 bits per heavy atom. The summed E-state index contributed by atoms with van der Waals surface area (Å²) in [7, 11) is -0.857. The standard InChI is InChI=1S/C20H26ClN3O5S2/c1-20(2,3)29-19(26)23(4)12-14-7-6-8-15(11-14)22-17(25)13-24(5)31(27,28)18-10-9-16(21)30-18/h6-11H,12-13H2,1-5H3,(H,22,25). The van der Waals surface area contributed by atoms with Crippen LogP contribution in [0.5, 0.6) is 0 Å². The van der Waals surface area contributed by atoms with Gasteiger partial charge in [0.15, 0.2) is 0 Å². The molecule has 0 aliphatic carbocycles. The highest BCUT2D eigenvalue weighted by Crippen LogP contribution is 2.27. The molecule has 0 spiro atoms. The summed E-state index contributed by atoms with van der Waals surface area (Å²) < 4.78 is 31.8. The summed E-state index contributed by atoms with van der Waals surface area (Å²) in [6, 6.07) is 9.85. The number of thiophene rings is 1. The highest BCUT2D eigenvalue weighted by molar-refractivity contribution is 7.91. The average Bonchev–Trinajstić information content (AvgIpc) is 3.07. The molecule has 0 aliphatic heterocycles. The molecule has 0 bridgehead atoms. The second-order valence-corrected chi connectivity index (χ2v) is 11.9. The molecule has 2 rings (SSSR count). The molecular weight excluding hydrogens is 462 g/mol. The van der Waals surface area contributed by atoms with Crippen LogP contribution in [-0.2, 0) is 26.1 Å². The first-order chi connectivity index (χ1) is 14.3. The van der Waals surface area contributed by atoms with E-state index in [4.69, 9.17) is 16.3 Å². The lowest BCUT2D eigenvalue weighted by atomic mass is 10.2. The number of hydrogen-bond donors (Lipinski definition) is 1. The summed E-state index contributed by atoms with van der Waals surface area (Å²) >= 11 is 6.74. The van der Waals surface area contributed by atoms with Crippen molar-refractivity contribution in [2.45, 2.75) is 37.1 Å². The topological polar surface area (TPSA) is 96.0 Å². The van der Waals surface area contributed by atoms with Gasteiger partial charge in [0.25, 0.3) is 10.0 Å². The molecule has 0 saturated heterocycles. The molecule has 1 aromatic heterocycles. The van der Waals surface area contributed by atoms with Crippen molar-refractivity contribution in [3.63, 3.8) is 0 Å². The number of halogens is 1. The van der Waals surface area contributed by atoms with Crippen LogP contribution in [-0.4, -0.2) is 55.9 Å². The van der Waals surface area contributed by atoms with E-state index in [1.54, 1.807) is 46.0 Å². The maximum atomic E-state index is 12.5. The lowest BCUT2D eigenvalue weighted by molar-refractivity contribution is -0.116. The average molecular weight is 488 g/mol. The Hall–Kier alpha value is -2.14. The van der Waals surface area contributed by atoms with Crippen molar-refractivity contribution in [1.82, 2.24) is 9.21 Å². The third kappa shape index (κ3) is 7.49. The van der Waals surface area contributed by atoms with Gasteiger partial charge in [0.1, 0.15) is 9.81 Å². The molecule has 8 nitrogen and oxygen atoms in total. The van der Waals surface area contributed by atoms with Gasteiger partial charge in [0.2, 0.25) is 5.91 Å². The Kier molecular flexibility index (Phi) is 8.09. The summed E-state index contributed by atoms with van der Waals surface area (Å²) in [5, 5.41) is 2.68. The summed E-state index contributed by atoms with van der Waals surface area (Å²) in [4.78, 5) is 25.9. The molecule has 170 valence electrons. The van der Waals surface area contributed by atoms with Crippen LogP contribution in [0.4, 0.5) is 10.5 Å². The Bertz CT molecular complexity index is 1050. The van der Waals surface area contributed by atoms with E-state index in [0.29, 0.717) is 10.0 Å². The number of likely N-dealkylation sites (N-methyl/N-ethyl adjacent to an activating group) is 1. The molecule has 0 atom stereocenters. The zero-order chi connectivity index (χ0) is 23.4. The Morgan fingerprint density at radius 3 is 2.42 bits per heavy atom. The third-order valence-electron chi connectivity index (χ3n) is 3.92. The third-order valence-corrected chi connectivity index (χ3v) is 7.42. The highest BCUT2D eigenvalue weighted by atomic mass is 35.5. The number of rotatable bonds is 7. The first-order valence-corrected chi connectivity index (χ1v) is 12.0. The van der Waals surface area contributed by atoms with Gasteiger partial charge in [-0.15, -0.1) is 11.3 Å². The first kappa shape index (κ1) is 25.1. The number of nitrogens with zero attached hydrogens (tertiary/aromatic N) is 2. The zero-order valence-electron chi connectivity index (χ0n) is 18.0. The predicted octanol–water partition coefficient (Wildman–Crippen LogP) is 4.03. The number of sulfonamides is 1. The van der Waals surface area contributed by atoms with Crippen molar-refractivity contribution >= 4 is 50.6 Å². The fourth-order valence-electron chi connectivity index (χ4n) is 2.50. The fraction of sp³-hybridized carbons (Fsp3) is 0.400. The van der Waals surface area contributed by atoms with Crippen molar-refractivity contribution in [1.29, 1.82) is 0 Å². The monoisotopic (exact) mass is 487 g/mol. The zero-order valence-corrected chi connectivity index (χ0v) is 20.4. The number of carbonyl (C=O) groups excluding carboxylic acids is 2. The lowest BCUT2D eigenvalue weighted by Crippen LogP contribution is -2.34. The van der Waals surface area contributed by atoms with E-state index in [1.165, 1.54) is 24.1 Å². The minimum Gasteiger partial charge on any atom is -0.444 e. The van der Waals surface area contributed by atoms with E-state index in [9.17, 15) is 18.0 Å². The molecule has 0 radical (unpaired) electrons. The maximum absolute atomic E-state index is 12.5. The van der Waals surface area contributed by atoms with Gasteiger partial charge < -0.3 is 15.0 Å². The molecule has 0 unspecified atom stereocenters. The van der Waals surface area contributed by atoms with E-state index < -0.39 is 27.6 Å². The second-order valence-electron chi connectivity index (χ2n) is 7.90. The van der Waals surface area contributed by atoms with Crippen LogP contribution in [0, 0.1) is 0 Å². The predicted molar refractivity (Wildman–Crippen MR) is 122 cm³/mol. The minimum absolute atomic E-state index is 0.0694. The van der Waals surface area contributed by atoms with Crippen LogP contribution in [0.25, 0.3) is 0 Å². The molecule has 1 N–H and O–H groups in total. The molecule has 2 amide bonds. The largest absolute Gasteiger partial charge is 0.444 e. The molecule has 0 fully saturated rings. The van der Waals surface area contributed by atoms with Crippen LogP contribution in [0.15, 0.2) is 40.6 Å². The fourth-order valence-corrected chi connectivity index (χ4v) is 5.32. The summed E-state index contributed by atoms with van der Waals surface area (Å²) in [5.74, 6) is -0.494. The van der Waals surface area contributed by atoms with Gasteiger partial charge in [0.05, 0.1) is 10.9 Å². The van der Waals surface area contributed by atoms with Crippen molar-refractivity contribution < 1.29 is 22.7 Å². The Balaban J connectivity index is 1.99. The van der Waals surface area contributed by atoms with Gasteiger partial charge >= 0.3 is 6.09 Å². The van der Waals surface area contributed by atoms with E-state index in [2.05, 4.69) is 5.32 Å². The number of carbonyl (C=O) groups is 2. The van der Waals surface area contributed by atoms with Crippen LogP contribution in [0.3, 0.4) is 0 Å². The summed E-state index contributed by atoms with van der Waals surface area (Å²) in [6.45, 7) is 5.30. The van der Waals surface area contributed by atoms with Crippen LogP contribution in [0.1, 0.15) is 26.3 Å². The Labute approximate surface area is 191 Å². The number of hydrogen-bond acceptors (Lipinski definition) is 6. The van der Waals surface area contributed by atoms with E-state index in [1.807, 2.05) is 6.07 Å². The van der Waals surface area contributed by atoms with Gasteiger partial charge in [0, 0.05) is 26.3 Å². The molecule has 1 aromatic carbocycles. The van der Waals surface area contributed by atoms with E-state index >= 15 is 0 Å². The number of amides is 2. The molecule has 0 saturated carbocycles. The molecule has 1 heterocycles. The van der Waals surface area contributed by atoms with E-state index in [0.717, 1.165) is 21.2 Å². The van der Waals surface area contributed by atoms with Crippen LogP contribution in [0.2, 0.25) is 4.34 Å². The van der Waals surface area contributed by atoms with E-state index in [-0.39, 0.29) is 17.3 Å². The molecular formula is C20H26ClN3O5S2. The van der Waals surface area contributed by atoms with Gasteiger partial charge in [-0.25, -0.2) is 13.2 Å². The number of benzene rings is 1. The molecule has 0 aliphatic rings. The lowest BCUT2D eigenvalue weighted by Gasteiger charge is -2.24. The van der Waals surface area contributed by atoms with Gasteiger partial charge in [-0.2, -0.15) is 4.31 Å². The normalized spacial score (nSPS) is 12.0. The minimum atomic E-state index is -3.81. The van der Waals surface area contributed by atoms with Crippen LogP contribution >= 0.6 is 22.9 Å². The number of anilines is 1. The summed E-state index contributed by atoms with van der Waals surface area (Å²) in [6.07, 6.45) is -0.456. The van der Waals surface area contributed by atoms with Crippen LogP contribution < -0.4 is 5.32 Å². The Morgan fingerprint density at radius 2 is 1.84 bits per heavy atom. The van der Waals surface area contributed by atoms with Gasteiger partial charge in [-0.05, 0) is 50.6 Å². The second kappa shape index (κ2) is 9.99. The van der Waals surface area contributed by atoms with Crippen molar-refractivity contribution in [3.05, 3.63) is 46.3 Å². The van der Waals surface area contributed by atoms with Crippen molar-refractivity contribution in [2.24, 2.45) is 0 Å². The number of ether oxygens (including phenoxy) is 1. The first-order valence-electron chi connectivity index (χ1n) is 9.32. The quantitative estimate of drug-likeness (QED) is 0.636. The highest BCUT2D eigenvalue weighted by Gasteiger charge is 2.25. The maximum Gasteiger partial charge on any atom is 0.410 e. The van der Waals surface area contributed by atoms with Gasteiger partial charge in [-0.1, -0.05) is 23.7 Å².